The SMILES string of the molecule is C[C@@]12CCCCC(Cc3c(O)cccc31)[C@@H]2N. The first-order valence-corrected chi connectivity index (χ1v) is 6.70. The Morgan fingerprint density at radius 3 is 3.00 bits per heavy atom. The van der Waals surface area contributed by atoms with Gasteiger partial charge in [-0.25, -0.2) is 0 Å². The Labute approximate surface area is 103 Å². The van der Waals surface area contributed by atoms with E-state index in [4.69, 9.17) is 5.73 Å². The second kappa shape index (κ2) is 3.74. The molecular formula is C15H21NO. The highest BCUT2D eigenvalue weighted by Gasteiger charge is 2.45. The largest absolute Gasteiger partial charge is 0.508 e. The first kappa shape index (κ1) is 11.1. The summed E-state index contributed by atoms with van der Waals surface area (Å²) in [7, 11) is 0. The minimum Gasteiger partial charge on any atom is -0.508 e. The first-order valence-electron chi connectivity index (χ1n) is 6.70. The van der Waals surface area contributed by atoms with E-state index in [9.17, 15) is 5.11 Å². The lowest BCUT2D eigenvalue weighted by Crippen LogP contribution is -2.51. The van der Waals surface area contributed by atoms with Gasteiger partial charge < -0.3 is 10.8 Å². The van der Waals surface area contributed by atoms with Crippen molar-refractivity contribution < 1.29 is 5.11 Å². The summed E-state index contributed by atoms with van der Waals surface area (Å²) in [6, 6.07) is 6.18. The molecule has 1 aromatic rings. The molecule has 1 saturated carbocycles. The zero-order valence-electron chi connectivity index (χ0n) is 10.4. The van der Waals surface area contributed by atoms with E-state index in [1.807, 2.05) is 12.1 Å². The number of phenolic OH excluding ortho intramolecular Hbond substituents is 1. The van der Waals surface area contributed by atoms with Gasteiger partial charge in [0.15, 0.2) is 0 Å². The highest BCUT2D eigenvalue weighted by atomic mass is 16.3. The minimum absolute atomic E-state index is 0.0630. The number of aromatic hydroxyl groups is 1. The van der Waals surface area contributed by atoms with Gasteiger partial charge in [0.25, 0.3) is 0 Å². The van der Waals surface area contributed by atoms with Gasteiger partial charge >= 0.3 is 0 Å². The number of hydrogen-bond acceptors (Lipinski definition) is 2. The third-order valence-electron chi connectivity index (χ3n) is 5.00. The molecule has 1 aromatic carbocycles. The van der Waals surface area contributed by atoms with Gasteiger partial charge in [-0.3, -0.25) is 0 Å². The molecule has 2 nitrogen and oxygen atoms in total. The van der Waals surface area contributed by atoms with E-state index >= 15 is 0 Å². The summed E-state index contributed by atoms with van der Waals surface area (Å²) in [5, 5.41) is 10.1. The Bertz CT molecular complexity index is 443. The quantitative estimate of drug-likeness (QED) is 0.721. The fraction of sp³-hybridized carbons (Fsp3) is 0.600. The van der Waals surface area contributed by atoms with Gasteiger partial charge in [0.2, 0.25) is 0 Å². The Hall–Kier alpha value is -1.02. The molecule has 3 N–H and O–H groups in total. The summed E-state index contributed by atoms with van der Waals surface area (Å²) < 4.78 is 0. The molecule has 3 rings (SSSR count). The molecule has 1 unspecified atom stereocenters. The lowest BCUT2D eigenvalue weighted by molar-refractivity contribution is 0.251. The molecule has 17 heavy (non-hydrogen) atoms. The van der Waals surface area contributed by atoms with E-state index in [-0.39, 0.29) is 11.5 Å². The van der Waals surface area contributed by atoms with Crippen molar-refractivity contribution in [3.05, 3.63) is 29.3 Å². The lowest BCUT2D eigenvalue weighted by Gasteiger charge is -2.44. The molecule has 0 heterocycles. The molecule has 2 heteroatoms. The average molecular weight is 231 g/mol. The molecule has 0 amide bonds. The van der Waals surface area contributed by atoms with Crippen LogP contribution >= 0.6 is 0 Å². The van der Waals surface area contributed by atoms with Crippen LogP contribution < -0.4 is 5.73 Å². The lowest BCUT2D eigenvalue weighted by atomic mass is 9.63. The third-order valence-corrected chi connectivity index (χ3v) is 5.00. The third kappa shape index (κ3) is 1.50. The van der Waals surface area contributed by atoms with Crippen LogP contribution in [0.4, 0.5) is 0 Å². The van der Waals surface area contributed by atoms with Gasteiger partial charge in [0, 0.05) is 11.5 Å². The molecule has 3 atom stereocenters. The molecular weight excluding hydrogens is 210 g/mol. The van der Waals surface area contributed by atoms with Crippen molar-refractivity contribution in [3.8, 4) is 5.75 Å². The van der Waals surface area contributed by atoms with Gasteiger partial charge in [0.05, 0.1) is 0 Å². The normalized spacial score (nSPS) is 36.1. The summed E-state index contributed by atoms with van der Waals surface area (Å²) in [4.78, 5) is 0. The first-order chi connectivity index (χ1) is 8.13. The van der Waals surface area contributed by atoms with E-state index in [1.54, 1.807) is 0 Å². The fourth-order valence-corrected chi connectivity index (χ4v) is 3.89. The molecule has 2 aliphatic rings. The highest BCUT2D eigenvalue weighted by molar-refractivity contribution is 5.47. The summed E-state index contributed by atoms with van der Waals surface area (Å²) in [5.74, 6) is 1.01. The topological polar surface area (TPSA) is 46.2 Å². The van der Waals surface area contributed by atoms with Crippen molar-refractivity contribution >= 4 is 0 Å². The second-order valence-corrected chi connectivity index (χ2v) is 5.96. The molecule has 0 saturated heterocycles. The monoisotopic (exact) mass is 231 g/mol. The summed E-state index contributed by atoms with van der Waals surface area (Å²) in [6.07, 6.45) is 5.86. The van der Waals surface area contributed by atoms with Gasteiger partial charge in [-0.2, -0.15) is 0 Å². The molecule has 1 fully saturated rings. The van der Waals surface area contributed by atoms with Crippen molar-refractivity contribution in [3.63, 3.8) is 0 Å². The van der Waals surface area contributed by atoms with Crippen molar-refractivity contribution in [1.82, 2.24) is 0 Å². The fourth-order valence-electron chi connectivity index (χ4n) is 3.89. The zero-order chi connectivity index (χ0) is 12.0. The Kier molecular flexibility index (Phi) is 2.44. The van der Waals surface area contributed by atoms with Crippen molar-refractivity contribution in [1.29, 1.82) is 0 Å². The summed E-state index contributed by atoms with van der Waals surface area (Å²) >= 11 is 0. The molecule has 0 aliphatic heterocycles. The number of hydrogen-bond donors (Lipinski definition) is 2. The molecule has 0 radical (unpaired) electrons. The Morgan fingerprint density at radius 1 is 1.35 bits per heavy atom. The zero-order valence-corrected chi connectivity index (χ0v) is 10.4. The maximum Gasteiger partial charge on any atom is 0.119 e. The number of rotatable bonds is 0. The summed E-state index contributed by atoms with van der Waals surface area (Å²) in [5.41, 5.74) is 9.02. The van der Waals surface area contributed by atoms with E-state index < -0.39 is 0 Å². The van der Waals surface area contributed by atoms with Crippen LogP contribution in [-0.4, -0.2) is 11.1 Å². The van der Waals surface area contributed by atoms with Crippen molar-refractivity contribution in [2.75, 3.05) is 0 Å². The van der Waals surface area contributed by atoms with Crippen LogP contribution in [0.2, 0.25) is 0 Å². The van der Waals surface area contributed by atoms with Crippen LogP contribution in [0.5, 0.6) is 5.75 Å². The van der Waals surface area contributed by atoms with Gasteiger partial charge in [0.1, 0.15) is 5.75 Å². The number of benzene rings is 1. The van der Waals surface area contributed by atoms with Crippen LogP contribution in [0.15, 0.2) is 18.2 Å². The van der Waals surface area contributed by atoms with Gasteiger partial charge in [-0.05, 0) is 42.4 Å². The van der Waals surface area contributed by atoms with Crippen LogP contribution in [-0.2, 0) is 11.8 Å². The molecule has 0 aromatic heterocycles. The predicted octanol–water partition coefficient (Wildman–Crippen LogP) is 2.72. The number of nitrogens with two attached hydrogens (primary N) is 1. The molecule has 2 bridgehead atoms. The Morgan fingerprint density at radius 2 is 2.18 bits per heavy atom. The smallest absolute Gasteiger partial charge is 0.119 e. The van der Waals surface area contributed by atoms with Crippen LogP contribution in [0, 0.1) is 5.92 Å². The van der Waals surface area contributed by atoms with Gasteiger partial charge in [-0.1, -0.05) is 31.9 Å². The van der Waals surface area contributed by atoms with E-state index in [1.165, 1.54) is 24.8 Å². The number of phenols is 1. The maximum absolute atomic E-state index is 10.1. The second-order valence-electron chi connectivity index (χ2n) is 5.96. The standard InChI is InChI=1S/C15H21NO/c1-15-8-3-2-5-10(14(15)16)9-11-12(15)6-4-7-13(11)17/h4,6-7,10,14,17H,2-3,5,8-9,16H2,1H3/t10?,14-,15+/m0/s1. The summed E-state index contributed by atoms with van der Waals surface area (Å²) in [6.45, 7) is 2.29. The minimum atomic E-state index is 0.0630. The maximum atomic E-state index is 10.1. The Balaban J connectivity index is 2.19. The molecule has 92 valence electrons. The van der Waals surface area contributed by atoms with E-state index in [2.05, 4.69) is 13.0 Å². The molecule has 2 aliphatic carbocycles. The number of fused-ring (bicyclic) bond motifs is 4. The highest BCUT2D eigenvalue weighted by Crippen LogP contribution is 2.48. The van der Waals surface area contributed by atoms with Crippen LogP contribution in [0.25, 0.3) is 0 Å². The molecule has 0 spiro atoms. The van der Waals surface area contributed by atoms with Crippen molar-refractivity contribution in [2.45, 2.75) is 50.5 Å². The van der Waals surface area contributed by atoms with E-state index in [0.717, 1.165) is 18.4 Å². The average Bonchev–Trinajstić information content (AvgIpc) is 2.41. The predicted molar refractivity (Wildman–Crippen MR) is 69.1 cm³/mol. The van der Waals surface area contributed by atoms with Crippen LogP contribution in [0.3, 0.4) is 0 Å². The van der Waals surface area contributed by atoms with Crippen molar-refractivity contribution in [2.24, 2.45) is 11.7 Å². The van der Waals surface area contributed by atoms with E-state index in [0.29, 0.717) is 11.7 Å². The van der Waals surface area contributed by atoms with Gasteiger partial charge in [-0.15, -0.1) is 0 Å². The van der Waals surface area contributed by atoms with Crippen LogP contribution in [0.1, 0.15) is 43.7 Å².